The molecule has 0 spiro atoms. The second-order valence-electron chi connectivity index (χ2n) is 4.24. The van der Waals surface area contributed by atoms with Crippen LogP contribution < -0.4 is 5.32 Å². The van der Waals surface area contributed by atoms with Crippen LogP contribution >= 0.6 is 0 Å². The highest BCUT2D eigenvalue weighted by Crippen LogP contribution is 2.02. The Hall–Kier alpha value is -2.08. The van der Waals surface area contributed by atoms with Crippen molar-refractivity contribution in [1.82, 2.24) is 10.2 Å². The number of nitrogens with one attached hydrogen (secondary N) is 1. The van der Waals surface area contributed by atoms with E-state index >= 15 is 0 Å². The van der Waals surface area contributed by atoms with Crippen molar-refractivity contribution in [3.05, 3.63) is 30.2 Å². The fourth-order valence-corrected chi connectivity index (χ4v) is 1.46. The molecule has 110 valence electrons. The van der Waals surface area contributed by atoms with Crippen LogP contribution in [0.4, 0.5) is 0 Å². The Labute approximate surface area is 118 Å². The zero-order chi connectivity index (χ0) is 14.8. The molecule has 0 atom stereocenters. The van der Waals surface area contributed by atoms with E-state index in [-0.39, 0.29) is 18.4 Å². The van der Waals surface area contributed by atoms with Crippen LogP contribution in [-0.2, 0) is 14.3 Å². The van der Waals surface area contributed by atoms with Gasteiger partial charge in [0.05, 0.1) is 12.8 Å². The van der Waals surface area contributed by atoms with Gasteiger partial charge in [-0.25, -0.2) is 0 Å². The predicted octanol–water partition coefficient (Wildman–Crippen LogP) is 0.904. The summed E-state index contributed by atoms with van der Waals surface area (Å²) in [6.07, 6.45) is 5.21. The molecule has 0 unspecified atom stereocenters. The van der Waals surface area contributed by atoms with Crippen molar-refractivity contribution >= 4 is 17.9 Å². The molecule has 0 aliphatic heterocycles. The molecule has 6 nitrogen and oxygen atoms in total. The lowest BCUT2D eigenvalue weighted by Gasteiger charge is -2.14. The van der Waals surface area contributed by atoms with E-state index in [2.05, 4.69) is 5.32 Å². The lowest BCUT2D eigenvalue weighted by Crippen LogP contribution is -2.38. The van der Waals surface area contributed by atoms with E-state index in [0.717, 1.165) is 6.42 Å². The van der Waals surface area contributed by atoms with Gasteiger partial charge in [0.25, 0.3) is 0 Å². The van der Waals surface area contributed by atoms with Crippen LogP contribution in [0, 0.1) is 0 Å². The molecule has 1 rings (SSSR count). The molecule has 1 N–H and O–H groups in total. The Morgan fingerprint density at radius 1 is 1.50 bits per heavy atom. The van der Waals surface area contributed by atoms with Gasteiger partial charge in [0.15, 0.2) is 0 Å². The van der Waals surface area contributed by atoms with Gasteiger partial charge < -0.3 is 19.4 Å². The van der Waals surface area contributed by atoms with Gasteiger partial charge in [-0.2, -0.15) is 0 Å². The van der Waals surface area contributed by atoms with E-state index in [1.54, 1.807) is 32.4 Å². The number of nitrogens with zero attached hydrogens (tertiary/aromatic N) is 1. The molecule has 0 bridgehead atoms. The summed E-state index contributed by atoms with van der Waals surface area (Å²) in [5, 5.41) is 2.72. The first kappa shape index (κ1) is 16.0. The smallest absolute Gasteiger partial charge is 0.246 e. The minimum atomic E-state index is -0.256. The van der Waals surface area contributed by atoms with Crippen LogP contribution in [0.3, 0.4) is 0 Å². The molecule has 1 aromatic rings. The summed E-state index contributed by atoms with van der Waals surface area (Å²) in [7, 11) is 3.18. The number of likely N-dealkylation sites (N-methyl/N-ethyl adjacent to an activating group) is 1. The van der Waals surface area contributed by atoms with Crippen molar-refractivity contribution in [2.75, 3.05) is 33.9 Å². The Morgan fingerprint density at radius 2 is 2.30 bits per heavy atom. The highest BCUT2D eigenvalue weighted by Gasteiger charge is 2.09. The molecule has 1 heterocycles. The normalized spacial score (nSPS) is 10.7. The molecule has 2 amide bonds. The highest BCUT2D eigenvalue weighted by atomic mass is 16.5. The molecule has 0 aliphatic rings. The van der Waals surface area contributed by atoms with Gasteiger partial charge in [-0.15, -0.1) is 0 Å². The average molecular weight is 280 g/mol. The SMILES string of the molecule is COCCCNC(=O)CN(C)C(=O)/C=C/c1ccco1. The Kier molecular flexibility index (Phi) is 7.13. The number of furan rings is 1. The molecule has 0 saturated carbocycles. The van der Waals surface area contributed by atoms with Gasteiger partial charge in [0.2, 0.25) is 11.8 Å². The fraction of sp³-hybridized carbons (Fsp3) is 0.429. The summed E-state index contributed by atoms with van der Waals surface area (Å²) in [5.41, 5.74) is 0. The van der Waals surface area contributed by atoms with E-state index in [4.69, 9.17) is 9.15 Å². The van der Waals surface area contributed by atoms with Gasteiger partial charge in [0.1, 0.15) is 5.76 Å². The van der Waals surface area contributed by atoms with Crippen molar-refractivity contribution in [2.45, 2.75) is 6.42 Å². The standard InChI is InChI=1S/C14H20N2O4/c1-16(11-13(17)15-8-4-9-19-2)14(18)7-6-12-5-3-10-20-12/h3,5-7,10H,4,8-9,11H2,1-2H3,(H,15,17)/b7-6+. The number of hydrogen-bond acceptors (Lipinski definition) is 4. The topological polar surface area (TPSA) is 71.8 Å². The Morgan fingerprint density at radius 3 is 2.95 bits per heavy atom. The predicted molar refractivity (Wildman–Crippen MR) is 74.9 cm³/mol. The van der Waals surface area contributed by atoms with Crippen molar-refractivity contribution in [3.8, 4) is 0 Å². The summed E-state index contributed by atoms with van der Waals surface area (Å²) in [6, 6.07) is 3.48. The molecule has 0 aromatic carbocycles. The lowest BCUT2D eigenvalue weighted by molar-refractivity contribution is -0.131. The first-order valence-electron chi connectivity index (χ1n) is 6.36. The van der Waals surface area contributed by atoms with Crippen LogP contribution in [0.5, 0.6) is 0 Å². The van der Waals surface area contributed by atoms with E-state index in [1.165, 1.54) is 17.2 Å². The van der Waals surface area contributed by atoms with E-state index in [0.29, 0.717) is 18.9 Å². The average Bonchev–Trinajstić information content (AvgIpc) is 2.94. The molecule has 0 aliphatic carbocycles. The maximum atomic E-state index is 11.7. The van der Waals surface area contributed by atoms with E-state index in [9.17, 15) is 9.59 Å². The fourth-order valence-electron chi connectivity index (χ4n) is 1.46. The quantitative estimate of drug-likeness (QED) is 0.567. The number of hydrogen-bond donors (Lipinski definition) is 1. The second-order valence-corrected chi connectivity index (χ2v) is 4.24. The molecular formula is C14H20N2O4. The molecule has 20 heavy (non-hydrogen) atoms. The summed E-state index contributed by atoms with van der Waals surface area (Å²) >= 11 is 0. The van der Waals surface area contributed by atoms with Crippen LogP contribution in [0.25, 0.3) is 6.08 Å². The zero-order valence-corrected chi connectivity index (χ0v) is 11.8. The van der Waals surface area contributed by atoms with Gasteiger partial charge in [-0.1, -0.05) is 0 Å². The number of rotatable bonds is 8. The molecular weight excluding hydrogens is 260 g/mol. The van der Waals surface area contributed by atoms with Crippen molar-refractivity contribution in [2.24, 2.45) is 0 Å². The Balaban J connectivity index is 2.28. The zero-order valence-electron chi connectivity index (χ0n) is 11.8. The Bertz CT molecular complexity index is 440. The van der Waals surface area contributed by atoms with Gasteiger partial charge >= 0.3 is 0 Å². The number of carbonyl (C=O) groups excluding carboxylic acids is 2. The van der Waals surface area contributed by atoms with Crippen LogP contribution in [-0.4, -0.2) is 50.6 Å². The van der Waals surface area contributed by atoms with Gasteiger partial charge in [-0.3, -0.25) is 9.59 Å². The third-order valence-corrected chi connectivity index (χ3v) is 2.54. The summed E-state index contributed by atoms with van der Waals surface area (Å²) < 4.78 is 9.95. The third kappa shape index (κ3) is 6.19. The molecule has 0 saturated heterocycles. The van der Waals surface area contributed by atoms with E-state index < -0.39 is 0 Å². The van der Waals surface area contributed by atoms with Crippen molar-refractivity contribution in [3.63, 3.8) is 0 Å². The highest BCUT2D eigenvalue weighted by molar-refractivity contribution is 5.93. The minimum absolute atomic E-state index is 0.0221. The second kappa shape index (κ2) is 8.92. The maximum absolute atomic E-state index is 11.7. The third-order valence-electron chi connectivity index (χ3n) is 2.54. The van der Waals surface area contributed by atoms with Crippen molar-refractivity contribution < 1.29 is 18.7 Å². The van der Waals surface area contributed by atoms with E-state index in [1.807, 2.05) is 0 Å². The summed E-state index contributed by atoms with van der Waals surface area (Å²) in [6.45, 7) is 1.16. The lowest BCUT2D eigenvalue weighted by atomic mass is 10.3. The molecule has 0 radical (unpaired) electrons. The number of ether oxygens (including phenoxy) is 1. The summed E-state index contributed by atoms with van der Waals surface area (Å²) in [4.78, 5) is 24.7. The van der Waals surface area contributed by atoms with Crippen molar-refractivity contribution in [1.29, 1.82) is 0 Å². The van der Waals surface area contributed by atoms with Crippen LogP contribution in [0.15, 0.2) is 28.9 Å². The first-order chi connectivity index (χ1) is 9.63. The molecule has 1 aromatic heterocycles. The summed E-state index contributed by atoms with van der Waals surface area (Å²) in [5.74, 6) is 0.146. The van der Waals surface area contributed by atoms with Gasteiger partial charge in [-0.05, 0) is 24.6 Å². The van der Waals surface area contributed by atoms with Crippen LogP contribution in [0.2, 0.25) is 0 Å². The number of carbonyl (C=O) groups is 2. The molecule has 0 fully saturated rings. The molecule has 6 heteroatoms. The maximum Gasteiger partial charge on any atom is 0.246 e. The largest absolute Gasteiger partial charge is 0.465 e. The first-order valence-corrected chi connectivity index (χ1v) is 6.36. The number of amides is 2. The number of methoxy groups -OCH3 is 1. The monoisotopic (exact) mass is 280 g/mol. The van der Waals surface area contributed by atoms with Crippen LogP contribution in [0.1, 0.15) is 12.2 Å². The van der Waals surface area contributed by atoms with Gasteiger partial charge in [0, 0.05) is 33.4 Å². The minimum Gasteiger partial charge on any atom is -0.465 e.